The van der Waals surface area contributed by atoms with E-state index in [1.165, 1.54) is 44.9 Å². The molecule has 4 atom stereocenters. The van der Waals surface area contributed by atoms with E-state index >= 15 is 0 Å². The summed E-state index contributed by atoms with van der Waals surface area (Å²) in [5.74, 6) is 3.72. The third kappa shape index (κ3) is 7.84. The van der Waals surface area contributed by atoms with Crippen molar-refractivity contribution in [2.24, 2.45) is 23.7 Å². The molecule has 0 nitrogen and oxygen atoms in total. The Kier molecular flexibility index (Phi) is 9.97. The maximum absolute atomic E-state index is 2.45. The molecule has 0 heterocycles. The van der Waals surface area contributed by atoms with Crippen LogP contribution in [0.2, 0.25) is 0 Å². The van der Waals surface area contributed by atoms with Gasteiger partial charge in [0.05, 0.1) is 0 Å². The fourth-order valence-corrected chi connectivity index (χ4v) is 2.81. The third-order valence-corrected chi connectivity index (χ3v) is 4.75. The van der Waals surface area contributed by atoms with E-state index in [9.17, 15) is 0 Å². The first kappa shape index (κ1) is 17.0. The first-order chi connectivity index (χ1) is 8.04. The zero-order valence-electron chi connectivity index (χ0n) is 13.3. The first-order valence-electron chi connectivity index (χ1n) is 8.04. The van der Waals surface area contributed by atoms with E-state index in [-0.39, 0.29) is 0 Å². The molecule has 0 radical (unpaired) electrons. The summed E-state index contributed by atoms with van der Waals surface area (Å²) in [6.07, 6.45) is 9.82. The molecule has 0 aromatic carbocycles. The summed E-state index contributed by atoms with van der Waals surface area (Å²) in [7, 11) is 0. The van der Waals surface area contributed by atoms with Gasteiger partial charge in [-0.15, -0.1) is 0 Å². The van der Waals surface area contributed by atoms with E-state index in [4.69, 9.17) is 0 Å². The van der Waals surface area contributed by atoms with Gasteiger partial charge >= 0.3 is 0 Å². The molecule has 0 amide bonds. The van der Waals surface area contributed by atoms with Crippen LogP contribution in [0, 0.1) is 23.7 Å². The molecule has 0 aliphatic heterocycles. The van der Waals surface area contributed by atoms with Gasteiger partial charge in [-0.05, 0) is 30.1 Å². The van der Waals surface area contributed by atoms with Gasteiger partial charge in [-0.3, -0.25) is 0 Å². The maximum atomic E-state index is 2.45. The summed E-state index contributed by atoms with van der Waals surface area (Å²) in [6, 6.07) is 0. The summed E-state index contributed by atoms with van der Waals surface area (Å²) >= 11 is 0. The maximum Gasteiger partial charge on any atom is -0.0414 e. The second kappa shape index (κ2) is 9.97. The minimum absolute atomic E-state index is 0.900. The number of hydrogen-bond acceptors (Lipinski definition) is 0. The summed E-state index contributed by atoms with van der Waals surface area (Å²) in [5, 5.41) is 0. The normalized spacial score (nSPS) is 18.7. The van der Waals surface area contributed by atoms with Crippen molar-refractivity contribution in [2.45, 2.75) is 86.5 Å². The highest BCUT2D eigenvalue weighted by atomic mass is 14.2. The quantitative estimate of drug-likeness (QED) is 0.420. The SMILES string of the molecule is CCCC(C)CCC(CC)CC(C)C(C)CC. The molecular weight excluding hydrogens is 204 g/mol. The first-order valence-corrected chi connectivity index (χ1v) is 8.04. The predicted octanol–water partition coefficient (Wildman–Crippen LogP) is 6.30. The molecule has 4 unspecified atom stereocenters. The van der Waals surface area contributed by atoms with Crippen molar-refractivity contribution in [3.05, 3.63) is 0 Å². The number of hydrogen-bond donors (Lipinski definition) is 0. The standard InChI is InChI=1S/C17H36/c1-7-10-14(4)11-12-17(9-3)13-16(6)15(5)8-2/h14-17H,7-13H2,1-6H3. The van der Waals surface area contributed by atoms with Crippen molar-refractivity contribution in [3.63, 3.8) is 0 Å². The van der Waals surface area contributed by atoms with Crippen molar-refractivity contribution in [1.29, 1.82) is 0 Å². The van der Waals surface area contributed by atoms with Crippen molar-refractivity contribution in [1.82, 2.24) is 0 Å². The Bertz CT molecular complexity index is 161. The van der Waals surface area contributed by atoms with Gasteiger partial charge in [0.2, 0.25) is 0 Å². The highest BCUT2D eigenvalue weighted by Gasteiger charge is 2.16. The molecule has 0 fully saturated rings. The van der Waals surface area contributed by atoms with Gasteiger partial charge in [-0.2, -0.15) is 0 Å². The molecule has 0 N–H and O–H groups in total. The minimum atomic E-state index is 0.900. The summed E-state index contributed by atoms with van der Waals surface area (Å²) in [5.41, 5.74) is 0. The third-order valence-electron chi connectivity index (χ3n) is 4.75. The Morgan fingerprint density at radius 1 is 0.706 bits per heavy atom. The lowest BCUT2D eigenvalue weighted by molar-refractivity contribution is 0.268. The molecule has 0 aliphatic carbocycles. The number of rotatable bonds is 10. The highest BCUT2D eigenvalue weighted by molar-refractivity contribution is 4.68. The van der Waals surface area contributed by atoms with Crippen LogP contribution in [0.15, 0.2) is 0 Å². The van der Waals surface area contributed by atoms with Crippen LogP contribution >= 0.6 is 0 Å². The Balaban J connectivity index is 3.90. The summed E-state index contributed by atoms with van der Waals surface area (Å²) in [6.45, 7) is 14.3. The lowest BCUT2D eigenvalue weighted by Crippen LogP contribution is -2.13. The van der Waals surface area contributed by atoms with E-state index in [2.05, 4.69) is 41.5 Å². The van der Waals surface area contributed by atoms with Gasteiger partial charge in [0.25, 0.3) is 0 Å². The van der Waals surface area contributed by atoms with Crippen LogP contribution < -0.4 is 0 Å². The Labute approximate surface area is 111 Å². The lowest BCUT2D eigenvalue weighted by atomic mass is 9.81. The monoisotopic (exact) mass is 240 g/mol. The molecule has 0 aliphatic rings. The largest absolute Gasteiger partial charge is 0.0654 e. The van der Waals surface area contributed by atoms with Crippen molar-refractivity contribution in [2.75, 3.05) is 0 Å². The molecule has 104 valence electrons. The average Bonchev–Trinajstić information content (AvgIpc) is 2.33. The van der Waals surface area contributed by atoms with E-state index in [1.807, 2.05) is 0 Å². The molecule has 0 aromatic heterocycles. The van der Waals surface area contributed by atoms with Crippen LogP contribution in [0.5, 0.6) is 0 Å². The molecule has 0 saturated carbocycles. The van der Waals surface area contributed by atoms with Crippen molar-refractivity contribution in [3.8, 4) is 0 Å². The molecule has 0 saturated heterocycles. The average molecular weight is 240 g/mol. The molecular formula is C17H36. The van der Waals surface area contributed by atoms with E-state index in [0.717, 1.165) is 23.7 Å². The van der Waals surface area contributed by atoms with Crippen LogP contribution in [-0.2, 0) is 0 Å². The predicted molar refractivity (Wildman–Crippen MR) is 80.3 cm³/mol. The smallest absolute Gasteiger partial charge is 0.0414 e. The summed E-state index contributed by atoms with van der Waals surface area (Å²) in [4.78, 5) is 0. The Morgan fingerprint density at radius 2 is 1.35 bits per heavy atom. The van der Waals surface area contributed by atoms with Crippen LogP contribution in [0.25, 0.3) is 0 Å². The van der Waals surface area contributed by atoms with Gasteiger partial charge in [-0.1, -0.05) is 80.1 Å². The molecule has 0 bridgehead atoms. The molecule has 0 aromatic rings. The second-order valence-electron chi connectivity index (χ2n) is 6.34. The van der Waals surface area contributed by atoms with Crippen LogP contribution in [0.1, 0.15) is 86.5 Å². The van der Waals surface area contributed by atoms with E-state index < -0.39 is 0 Å². The summed E-state index contributed by atoms with van der Waals surface area (Å²) < 4.78 is 0. The topological polar surface area (TPSA) is 0 Å². The van der Waals surface area contributed by atoms with Crippen molar-refractivity contribution >= 4 is 0 Å². The fraction of sp³-hybridized carbons (Fsp3) is 1.00. The molecule has 0 rings (SSSR count). The van der Waals surface area contributed by atoms with Crippen LogP contribution in [0.3, 0.4) is 0 Å². The lowest BCUT2D eigenvalue weighted by Gasteiger charge is -2.24. The zero-order valence-corrected chi connectivity index (χ0v) is 13.3. The molecule has 0 heteroatoms. The van der Waals surface area contributed by atoms with E-state index in [1.54, 1.807) is 0 Å². The second-order valence-corrected chi connectivity index (χ2v) is 6.34. The van der Waals surface area contributed by atoms with Crippen LogP contribution in [0.4, 0.5) is 0 Å². The van der Waals surface area contributed by atoms with Gasteiger partial charge < -0.3 is 0 Å². The van der Waals surface area contributed by atoms with Gasteiger partial charge in [0.15, 0.2) is 0 Å². The van der Waals surface area contributed by atoms with E-state index in [0.29, 0.717) is 0 Å². The minimum Gasteiger partial charge on any atom is -0.0654 e. The Morgan fingerprint density at radius 3 is 1.82 bits per heavy atom. The highest BCUT2D eigenvalue weighted by Crippen LogP contribution is 2.28. The Hall–Kier alpha value is 0. The fourth-order valence-electron chi connectivity index (χ4n) is 2.81. The molecule has 17 heavy (non-hydrogen) atoms. The van der Waals surface area contributed by atoms with Crippen molar-refractivity contribution < 1.29 is 0 Å². The van der Waals surface area contributed by atoms with Gasteiger partial charge in [-0.25, -0.2) is 0 Å². The molecule has 0 spiro atoms. The van der Waals surface area contributed by atoms with Gasteiger partial charge in [0.1, 0.15) is 0 Å². The van der Waals surface area contributed by atoms with Gasteiger partial charge in [0, 0.05) is 0 Å². The zero-order chi connectivity index (χ0) is 13.3. The van der Waals surface area contributed by atoms with Crippen LogP contribution in [-0.4, -0.2) is 0 Å².